The van der Waals surface area contributed by atoms with E-state index in [4.69, 9.17) is 5.73 Å². The molecule has 0 saturated carbocycles. The van der Waals surface area contributed by atoms with Gasteiger partial charge in [0.05, 0.1) is 23.6 Å². The zero-order valence-electron chi connectivity index (χ0n) is 11.3. The first-order chi connectivity index (χ1) is 10.5. The van der Waals surface area contributed by atoms with Crippen molar-refractivity contribution in [2.45, 2.75) is 13.0 Å². The average molecular weight is 301 g/mol. The standard InChI is InChI=1S/C13H11N5O4/c14-12-11-9(5-10(19)15-13(11)20)16-17(12)6-7-2-1-3-8(4-7)18(21)22/h1-4H,5-6,14H2,(H,15,19,20). The third-order valence-corrected chi connectivity index (χ3v) is 3.33. The summed E-state index contributed by atoms with van der Waals surface area (Å²) in [7, 11) is 0. The van der Waals surface area contributed by atoms with Crippen LogP contribution in [0.3, 0.4) is 0 Å². The van der Waals surface area contributed by atoms with Crippen molar-refractivity contribution < 1.29 is 14.5 Å². The summed E-state index contributed by atoms with van der Waals surface area (Å²) in [5, 5.41) is 17.1. The Morgan fingerprint density at radius 2 is 2.18 bits per heavy atom. The molecule has 1 aliphatic heterocycles. The van der Waals surface area contributed by atoms with E-state index in [1.54, 1.807) is 12.1 Å². The van der Waals surface area contributed by atoms with E-state index in [-0.39, 0.29) is 30.0 Å². The van der Waals surface area contributed by atoms with Crippen LogP contribution in [0.15, 0.2) is 24.3 Å². The highest BCUT2D eigenvalue weighted by molar-refractivity contribution is 6.11. The Labute approximate surface area is 123 Å². The Bertz CT molecular complexity index is 811. The van der Waals surface area contributed by atoms with Crippen LogP contribution in [-0.4, -0.2) is 26.5 Å². The molecule has 0 bridgehead atoms. The molecular weight excluding hydrogens is 290 g/mol. The van der Waals surface area contributed by atoms with Crippen LogP contribution in [0.2, 0.25) is 0 Å². The van der Waals surface area contributed by atoms with Gasteiger partial charge in [0, 0.05) is 12.1 Å². The molecule has 112 valence electrons. The summed E-state index contributed by atoms with van der Waals surface area (Å²) < 4.78 is 1.36. The van der Waals surface area contributed by atoms with E-state index in [9.17, 15) is 19.7 Å². The molecule has 1 aliphatic rings. The lowest BCUT2D eigenvalue weighted by Gasteiger charge is -2.09. The van der Waals surface area contributed by atoms with E-state index in [0.717, 1.165) is 0 Å². The maximum Gasteiger partial charge on any atom is 0.269 e. The smallest absolute Gasteiger partial charge is 0.269 e. The number of hydrogen-bond acceptors (Lipinski definition) is 6. The van der Waals surface area contributed by atoms with Gasteiger partial charge in [0.2, 0.25) is 5.91 Å². The summed E-state index contributed by atoms with van der Waals surface area (Å²) in [5.74, 6) is -0.877. The molecule has 2 aromatic rings. The normalized spacial score (nSPS) is 13.6. The predicted molar refractivity (Wildman–Crippen MR) is 75.0 cm³/mol. The van der Waals surface area contributed by atoms with Crippen molar-refractivity contribution in [1.29, 1.82) is 0 Å². The molecule has 0 radical (unpaired) electrons. The van der Waals surface area contributed by atoms with Gasteiger partial charge < -0.3 is 5.73 Å². The second kappa shape index (κ2) is 4.95. The monoisotopic (exact) mass is 301 g/mol. The summed E-state index contributed by atoms with van der Waals surface area (Å²) in [5.41, 5.74) is 6.98. The molecule has 0 aliphatic carbocycles. The molecule has 9 nitrogen and oxygen atoms in total. The van der Waals surface area contributed by atoms with Gasteiger partial charge in [-0.2, -0.15) is 5.10 Å². The highest BCUT2D eigenvalue weighted by Gasteiger charge is 2.29. The summed E-state index contributed by atoms with van der Waals surface area (Å²) >= 11 is 0. The van der Waals surface area contributed by atoms with Gasteiger partial charge in [0.25, 0.3) is 11.6 Å². The average Bonchev–Trinajstić information content (AvgIpc) is 2.75. The van der Waals surface area contributed by atoms with Crippen LogP contribution >= 0.6 is 0 Å². The molecule has 2 heterocycles. The van der Waals surface area contributed by atoms with Crippen LogP contribution in [-0.2, 0) is 17.8 Å². The lowest BCUT2D eigenvalue weighted by atomic mass is 10.1. The number of aromatic nitrogens is 2. The molecule has 1 aromatic carbocycles. The van der Waals surface area contributed by atoms with Gasteiger partial charge in [-0.25, -0.2) is 4.68 Å². The minimum Gasteiger partial charge on any atom is -0.383 e. The molecule has 22 heavy (non-hydrogen) atoms. The number of amides is 2. The third-order valence-electron chi connectivity index (χ3n) is 3.33. The highest BCUT2D eigenvalue weighted by atomic mass is 16.6. The molecular formula is C13H11N5O4. The number of non-ortho nitro benzene ring substituents is 1. The Kier molecular flexibility index (Phi) is 3.09. The number of carbonyl (C=O) groups excluding carboxylic acids is 2. The summed E-state index contributed by atoms with van der Waals surface area (Å²) in [4.78, 5) is 33.4. The van der Waals surface area contributed by atoms with E-state index >= 15 is 0 Å². The van der Waals surface area contributed by atoms with Gasteiger partial charge in [-0.05, 0) is 5.56 Å². The van der Waals surface area contributed by atoms with Crippen molar-refractivity contribution >= 4 is 23.3 Å². The van der Waals surface area contributed by atoms with Gasteiger partial charge in [0.15, 0.2) is 0 Å². The molecule has 2 amide bonds. The first kappa shape index (κ1) is 13.7. The number of nitrogens with two attached hydrogens (primary N) is 1. The predicted octanol–water partition coefficient (Wildman–Crippen LogP) is 0.234. The number of nitrogens with one attached hydrogen (secondary N) is 1. The van der Waals surface area contributed by atoms with Gasteiger partial charge in [-0.15, -0.1) is 0 Å². The summed E-state index contributed by atoms with van der Waals surface area (Å²) in [6, 6.07) is 6.04. The fourth-order valence-electron chi connectivity index (χ4n) is 2.34. The lowest BCUT2D eigenvalue weighted by Crippen LogP contribution is -2.37. The first-order valence-electron chi connectivity index (χ1n) is 6.38. The van der Waals surface area contributed by atoms with Crippen LogP contribution in [0.1, 0.15) is 21.6 Å². The Hall–Kier alpha value is -3.23. The first-order valence-corrected chi connectivity index (χ1v) is 6.38. The van der Waals surface area contributed by atoms with Crippen LogP contribution in [0, 0.1) is 10.1 Å². The fraction of sp³-hybridized carbons (Fsp3) is 0.154. The SMILES string of the molecule is Nc1c2c(nn1Cc1cccc([N+](=O)[O-])c1)CC(=O)NC2=O. The summed E-state index contributed by atoms with van der Waals surface area (Å²) in [6.07, 6.45) is -0.0206. The number of benzene rings is 1. The topological polar surface area (TPSA) is 133 Å². The number of nitrogen functional groups attached to an aromatic ring is 1. The van der Waals surface area contributed by atoms with Crippen molar-refractivity contribution in [3.05, 3.63) is 51.2 Å². The van der Waals surface area contributed by atoms with Crippen LogP contribution in [0.25, 0.3) is 0 Å². The zero-order valence-corrected chi connectivity index (χ0v) is 11.3. The molecule has 1 aromatic heterocycles. The van der Waals surface area contributed by atoms with Crippen molar-refractivity contribution in [3.63, 3.8) is 0 Å². The van der Waals surface area contributed by atoms with Gasteiger partial charge >= 0.3 is 0 Å². The Balaban J connectivity index is 1.96. The zero-order chi connectivity index (χ0) is 15.9. The Morgan fingerprint density at radius 3 is 2.91 bits per heavy atom. The molecule has 3 N–H and O–H groups in total. The van der Waals surface area contributed by atoms with Gasteiger partial charge in [0.1, 0.15) is 11.4 Å². The number of nitrogens with zero attached hydrogens (tertiary/aromatic N) is 3. The van der Waals surface area contributed by atoms with Crippen molar-refractivity contribution in [1.82, 2.24) is 15.1 Å². The number of nitro groups is 1. The van der Waals surface area contributed by atoms with Crippen LogP contribution in [0.5, 0.6) is 0 Å². The minimum atomic E-state index is -0.575. The van der Waals surface area contributed by atoms with Crippen molar-refractivity contribution in [3.8, 4) is 0 Å². The largest absolute Gasteiger partial charge is 0.383 e. The highest BCUT2D eigenvalue weighted by Crippen LogP contribution is 2.22. The van der Waals surface area contributed by atoms with Gasteiger partial charge in [-0.3, -0.25) is 25.0 Å². The summed E-state index contributed by atoms with van der Waals surface area (Å²) in [6.45, 7) is 0.169. The quantitative estimate of drug-likeness (QED) is 0.473. The number of imide groups is 1. The molecule has 0 spiro atoms. The molecule has 0 unspecified atom stereocenters. The van der Waals surface area contributed by atoms with Crippen LogP contribution in [0.4, 0.5) is 11.5 Å². The van der Waals surface area contributed by atoms with Crippen LogP contribution < -0.4 is 11.1 Å². The second-order valence-electron chi connectivity index (χ2n) is 4.85. The molecule has 0 atom stereocenters. The molecule has 0 fully saturated rings. The second-order valence-corrected chi connectivity index (χ2v) is 4.85. The maximum atomic E-state index is 11.8. The molecule has 0 saturated heterocycles. The van der Waals surface area contributed by atoms with E-state index in [2.05, 4.69) is 10.4 Å². The lowest BCUT2D eigenvalue weighted by molar-refractivity contribution is -0.384. The number of nitro benzene ring substituents is 1. The minimum absolute atomic E-state index is 0.0206. The van der Waals surface area contributed by atoms with Crippen molar-refractivity contribution in [2.24, 2.45) is 0 Å². The van der Waals surface area contributed by atoms with E-state index in [0.29, 0.717) is 11.3 Å². The maximum absolute atomic E-state index is 11.8. The number of fused-ring (bicyclic) bond motifs is 1. The number of carbonyl (C=O) groups is 2. The molecule has 9 heteroatoms. The molecule has 3 rings (SSSR count). The number of anilines is 1. The van der Waals surface area contributed by atoms with Gasteiger partial charge in [-0.1, -0.05) is 12.1 Å². The van der Waals surface area contributed by atoms with Crippen molar-refractivity contribution in [2.75, 3.05) is 5.73 Å². The van der Waals surface area contributed by atoms with E-state index in [1.165, 1.54) is 16.8 Å². The fourth-order valence-corrected chi connectivity index (χ4v) is 2.34. The third kappa shape index (κ3) is 2.28. The Morgan fingerprint density at radius 1 is 1.41 bits per heavy atom. The van der Waals surface area contributed by atoms with E-state index in [1.807, 2.05) is 0 Å². The van der Waals surface area contributed by atoms with E-state index < -0.39 is 16.7 Å². The number of rotatable bonds is 3. The number of hydrogen-bond donors (Lipinski definition) is 2.